The lowest BCUT2D eigenvalue weighted by atomic mass is 10.0. The Hall–Kier alpha value is -0.860. The third-order valence-corrected chi connectivity index (χ3v) is 4.56. The van der Waals surface area contributed by atoms with Gasteiger partial charge in [0.2, 0.25) is 0 Å². The highest BCUT2D eigenvalue weighted by Crippen LogP contribution is 2.34. The molecule has 2 unspecified atom stereocenters. The van der Waals surface area contributed by atoms with Crippen molar-refractivity contribution in [2.75, 3.05) is 14.1 Å². The zero-order valence-electron chi connectivity index (χ0n) is 12.1. The molecule has 0 aromatic heterocycles. The average Bonchev–Trinajstić information content (AvgIpc) is 2.78. The number of rotatable bonds is 5. The van der Waals surface area contributed by atoms with Gasteiger partial charge in [-0.1, -0.05) is 38.1 Å². The van der Waals surface area contributed by atoms with E-state index in [2.05, 4.69) is 62.4 Å². The van der Waals surface area contributed by atoms with Gasteiger partial charge in [0.1, 0.15) is 0 Å². The SMILES string of the molecule is CCC(CC)N(C)C1Cc2ccccc2C1NC. The van der Waals surface area contributed by atoms with Crippen molar-refractivity contribution in [1.82, 2.24) is 10.2 Å². The molecule has 0 heterocycles. The van der Waals surface area contributed by atoms with Gasteiger partial charge in [-0.05, 0) is 44.5 Å². The Morgan fingerprint density at radius 1 is 1.28 bits per heavy atom. The van der Waals surface area contributed by atoms with Crippen molar-refractivity contribution in [3.05, 3.63) is 35.4 Å². The van der Waals surface area contributed by atoms with Gasteiger partial charge < -0.3 is 5.32 Å². The summed E-state index contributed by atoms with van der Waals surface area (Å²) in [4.78, 5) is 2.58. The van der Waals surface area contributed by atoms with Crippen LogP contribution in [-0.2, 0) is 6.42 Å². The van der Waals surface area contributed by atoms with Crippen LogP contribution in [0.3, 0.4) is 0 Å². The molecular weight excluding hydrogens is 220 g/mol. The summed E-state index contributed by atoms with van der Waals surface area (Å²) in [6, 6.07) is 10.6. The van der Waals surface area contributed by atoms with Crippen LogP contribution in [0.1, 0.15) is 43.9 Å². The van der Waals surface area contributed by atoms with Crippen molar-refractivity contribution in [3.63, 3.8) is 0 Å². The Balaban J connectivity index is 2.21. The number of benzene rings is 1. The fraction of sp³-hybridized carbons (Fsp3) is 0.625. The van der Waals surface area contributed by atoms with Gasteiger partial charge >= 0.3 is 0 Å². The lowest BCUT2D eigenvalue weighted by Gasteiger charge is -2.35. The average molecular weight is 246 g/mol. The van der Waals surface area contributed by atoms with Crippen molar-refractivity contribution in [2.24, 2.45) is 0 Å². The molecule has 0 aliphatic heterocycles. The highest BCUT2D eigenvalue weighted by Gasteiger charge is 2.35. The standard InChI is InChI=1S/C16H26N2/c1-5-13(6-2)18(4)15-11-12-9-7-8-10-14(12)16(15)17-3/h7-10,13,15-17H,5-6,11H2,1-4H3. The van der Waals surface area contributed by atoms with E-state index in [1.165, 1.54) is 30.4 Å². The van der Waals surface area contributed by atoms with Crippen molar-refractivity contribution in [1.29, 1.82) is 0 Å². The molecule has 0 saturated heterocycles. The van der Waals surface area contributed by atoms with Crippen LogP contribution >= 0.6 is 0 Å². The van der Waals surface area contributed by atoms with Gasteiger partial charge in [-0.2, -0.15) is 0 Å². The highest BCUT2D eigenvalue weighted by atomic mass is 15.2. The zero-order chi connectivity index (χ0) is 13.1. The Morgan fingerprint density at radius 3 is 2.56 bits per heavy atom. The molecule has 2 atom stereocenters. The molecule has 2 rings (SSSR count). The quantitative estimate of drug-likeness (QED) is 0.859. The van der Waals surface area contributed by atoms with E-state index in [0.717, 1.165) is 0 Å². The maximum absolute atomic E-state index is 3.51. The number of fused-ring (bicyclic) bond motifs is 1. The van der Waals surface area contributed by atoms with Crippen LogP contribution in [0.15, 0.2) is 24.3 Å². The van der Waals surface area contributed by atoms with Gasteiger partial charge in [-0.15, -0.1) is 0 Å². The first kappa shape index (κ1) is 13.6. The highest BCUT2D eigenvalue weighted by molar-refractivity contribution is 5.37. The predicted octanol–water partition coefficient (Wildman–Crippen LogP) is 2.99. The second-order valence-corrected chi connectivity index (χ2v) is 5.37. The monoisotopic (exact) mass is 246 g/mol. The minimum atomic E-state index is 0.479. The van der Waals surface area contributed by atoms with Gasteiger partial charge in [0.25, 0.3) is 0 Å². The minimum Gasteiger partial charge on any atom is -0.312 e. The number of nitrogens with one attached hydrogen (secondary N) is 1. The van der Waals surface area contributed by atoms with Crippen molar-refractivity contribution < 1.29 is 0 Å². The largest absolute Gasteiger partial charge is 0.312 e. The van der Waals surface area contributed by atoms with E-state index in [1.807, 2.05) is 0 Å². The first-order valence-corrected chi connectivity index (χ1v) is 7.19. The fourth-order valence-corrected chi connectivity index (χ4v) is 3.44. The van der Waals surface area contributed by atoms with E-state index in [-0.39, 0.29) is 0 Å². The van der Waals surface area contributed by atoms with Gasteiger partial charge in [0, 0.05) is 18.1 Å². The van der Waals surface area contributed by atoms with Crippen LogP contribution < -0.4 is 5.32 Å². The van der Waals surface area contributed by atoms with E-state index in [4.69, 9.17) is 0 Å². The van der Waals surface area contributed by atoms with Crippen LogP contribution in [0.25, 0.3) is 0 Å². The molecule has 0 amide bonds. The lowest BCUT2D eigenvalue weighted by molar-refractivity contribution is 0.141. The summed E-state index contributed by atoms with van der Waals surface area (Å²) >= 11 is 0. The van der Waals surface area contributed by atoms with Gasteiger partial charge in [-0.25, -0.2) is 0 Å². The molecule has 0 bridgehead atoms. The zero-order valence-corrected chi connectivity index (χ0v) is 12.1. The Bertz CT molecular complexity index is 384. The van der Waals surface area contributed by atoms with E-state index in [1.54, 1.807) is 0 Å². The molecule has 100 valence electrons. The van der Waals surface area contributed by atoms with Gasteiger partial charge in [-0.3, -0.25) is 4.90 Å². The fourth-order valence-electron chi connectivity index (χ4n) is 3.44. The molecule has 18 heavy (non-hydrogen) atoms. The summed E-state index contributed by atoms with van der Waals surface area (Å²) in [7, 11) is 4.37. The molecule has 0 fully saturated rings. The van der Waals surface area contributed by atoms with Crippen LogP contribution in [0.5, 0.6) is 0 Å². The van der Waals surface area contributed by atoms with Crippen molar-refractivity contribution in [3.8, 4) is 0 Å². The number of likely N-dealkylation sites (N-methyl/N-ethyl adjacent to an activating group) is 2. The predicted molar refractivity (Wildman–Crippen MR) is 77.9 cm³/mol. The summed E-state index contributed by atoms with van der Waals surface area (Å²) in [6.45, 7) is 4.59. The normalized spacial score (nSPS) is 22.8. The van der Waals surface area contributed by atoms with E-state index in [0.29, 0.717) is 18.1 Å². The van der Waals surface area contributed by atoms with E-state index < -0.39 is 0 Å². The maximum atomic E-state index is 3.51. The Morgan fingerprint density at radius 2 is 1.94 bits per heavy atom. The molecule has 1 aromatic carbocycles. The maximum Gasteiger partial charge on any atom is 0.0481 e. The first-order valence-electron chi connectivity index (χ1n) is 7.19. The summed E-state index contributed by atoms with van der Waals surface area (Å²) < 4.78 is 0. The summed E-state index contributed by atoms with van der Waals surface area (Å²) in [5.41, 5.74) is 3.00. The second-order valence-electron chi connectivity index (χ2n) is 5.37. The van der Waals surface area contributed by atoms with E-state index in [9.17, 15) is 0 Å². The molecule has 1 aliphatic rings. The van der Waals surface area contributed by atoms with Crippen LogP contribution in [0.4, 0.5) is 0 Å². The van der Waals surface area contributed by atoms with Crippen LogP contribution in [0, 0.1) is 0 Å². The molecule has 1 aromatic rings. The third-order valence-electron chi connectivity index (χ3n) is 4.56. The number of hydrogen-bond donors (Lipinski definition) is 1. The Labute approximate surface area is 111 Å². The van der Waals surface area contributed by atoms with Crippen molar-refractivity contribution in [2.45, 2.75) is 51.2 Å². The van der Waals surface area contributed by atoms with E-state index >= 15 is 0 Å². The second kappa shape index (κ2) is 5.85. The number of nitrogens with zero attached hydrogens (tertiary/aromatic N) is 1. The minimum absolute atomic E-state index is 0.479. The summed E-state index contributed by atoms with van der Waals surface area (Å²) in [6.07, 6.45) is 3.64. The smallest absolute Gasteiger partial charge is 0.0481 e. The molecular formula is C16H26N2. The summed E-state index contributed by atoms with van der Waals surface area (Å²) in [5, 5.41) is 3.51. The molecule has 0 saturated carbocycles. The number of hydrogen-bond acceptors (Lipinski definition) is 2. The Kier molecular flexibility index (Phi) is 4.41. The van der Waals surface area contributed by atoms with Gasteiger partial charge in [0.15, 0.2) is 0 Å². The molecule has 2 heteroatoms. The van der Waals surface area contributed by atoms with Crippen LogP contribution in [0.2, 0.25) is 0 Å². The first-order chi connectivity index (χ1) is 8.72. The van der Waals surface area contributed by atoms with Crippen molar-refractivity contribution >= 4 is 0 Å². The molecule has 1 aliphatic carbocycles. The lowest BCUT2D eigenvalue weighted by Crippen LogP contribution is -2.45. The summed E-state index contributed by atoms with van der Waals surface area (Å²) in [5.74, 6) is 0. The topological polar surface area (TPSA) is 15.3 Å². The third kappa shape index (κ3) is 2.32. The molecule has 2 nitrogen and oxygen atoms in total. The molecule has 0 spiro atoms. The van der Waals surface area contributed by atoms with Crippen LogP contribution in [-0.4, -0.2) is 31.1 Å². The molecule has 1 N–H and O–H groups in total. The van der Waals surface area contributed by atoms with Gasteiger partial charge in [0.05, 0.1) is 0 Å². The molecule has 0 radical (unpaired) electrons.